The van der Waals surface area contributed by atoms with Crippen molar-refractivity contribution in [2.24, 2.45) is 5.92 Å². The molecule has 0 saturated carbocycles. The van der Waals surface area contributed by atoms with Gasteiger partial charge < -0.3 is 20.1 Å². The van der Waals surface area contributed by atoms with Gasteiger partial charge in [0.05, 0.1) is 6.04 Å². The summed E-state index contributed by atoms with van der Waals surface area (Å²) in [6.07, 6.45) is 0. The van der Waals surface area contributed by atoms with Gasteiger partial charge in [-0.15, -0.1) is 0 Å². The maximum absolute atomic E-state index is 13.1. The van der Waals surface area contributed by atoms with Crippen molar-refractivity contribution in [3.8, 4) is 11.5 Å². The first-order chi connectivity index (χ1) is 15.7. The maximum Gasteiger partial charge on any atom is 0.325 e. The van der Waals surface area contributed by atoms with Crippen molar-refractivity contribution in [1.29, 1.82) is 0 Å². The summed E-state index contributed by atoms with van der Waals surface area (Å²) in [6, 6.07) is 11.3. The third-order valence-corrected chi connectivity index (χ3v) is 6.16. The average molecular weight is 472 g/mol. The first kappa shape index (κ1) is 22.9. The highest BCUT2D eigenvalue weighted by Crippen LogP contribution is 2.34. The van der Waals surface area contributed by atoms with Gasteiger partial charge in [0.2, 0.25) is 5.91 Å². The molecule has 1 saturated heterocycles. The molecule has 2 aliphatic heterocycles. The lowest BCUT2D eigenvalue weighted by Gasteiger charge is -2.26. The van der Waals surface area contributed by atoms with Gasteiger partial charge in [0.15, 0.2) is 11.5 Å². The Kier molecular flexibility index (Phi) is 6.21. The Labute approximate surface area is 197 Å². The monoisotopic (exact) mass is 471 g/mol. The molecule has 174 valence electrons. The zero-order valence-electron chi connectivity index (χ0n) is 18.7. The highest BCUT2D eigenvalue weighted by atomic mass is 35.5. The molecule has 9 heteroatoms. The molecule has 2 aliphatic rings. The van der Waals surface area contributed by atoms with E-state index in [0.717, 1.165) is 10.5 Å². The summed E-state index contributed by atoms with van der Waals surface area (Å²) >= 11 is 5.94. The number of nitrogens with one attached hydrogen (secondary N) is 2. The maximum atomic E-state index is 13.1. The number of benzene rings is 2. The van der Waals surface area contributed by atoms with Crippen LogP contribution in [0.2, 0.25) is 5.02 Å². The second kappa shape index (κ2) is 8.94. The van der Waals surface area contributed by atoms with E-state index in [1.807, 2.05) is 32.0 Å². The summed E-state index contributed by atoms with van der Waals surface area (Å²) < 4.78 is 11.2. The molecule has 2 atom stereocenters. The van der Waals surface area contributed by atoms with Gasteiger partial charge in [0.25, 0.3) is 5.91 Å². The van der Waals surface area contributed by atoms with Gasteiger partial charge in [0, 0.05) is 5.02 Å². The van der Waals surface area contributed by atoms with Crippen LogP contribution in [0.3, 0.4) is 0 Å². The largest absolute Gasteiger partial charge is 0.486 e. The van der Waals surface area contributed by atoms with E-state index in [4.69, 9.17) is 21.1 Å². The molecule has 0 bridgehead atoms. The lowest BCUT2D eigenvalue weighted by molar-refractivity contribution is -0.135. The number of hydrogen-bond donors (Lipinski definition) is 2. The minimum atomic E-state index is -1.27. The van der Waals surface area contributed by atoms with Crippen LogP contribution in [0.4, 0.5) is 4.79 Å². The van der Waals surface area contributed by atoms with Gasteiger partial charge in [0.1, 0.15) is 25.3 Å². The highest BCUT2D eigenvalue weighted by molar-refractivity contribution is 6.30. The number of carbonyl (C=O) groups excluding carboxylic acids is 3. The predicted molar refractivity (Wildman–Crippen MR) is 122 cm³/mol. The SMILES string of the molecule is CC(C)[C@@H](NC(=O)CN1C(=O)N[C@](C)(c2ccc(Cl)cc2)C1=O)c1ccc2c(c1)OCCO2. The molecule has 2 N–H and O–H groups in total. The van der Waals surface area contributed by atoms with Crippen molar-refractivity contribution in [3.05, 3.63) is 58.6 Å². The lowest BCUT2D eigenvalue weighted by Crippen LogP contribution is -2.44. The summed E-state index contributed by atoms with van der Waals surface area (Å²) in [5.74, 6) is 0.419. The van der Waals surface area contributed by atoms with Crippen molar-refractivity contribution in [2.75, 3.05) is 19.8 Å². The van der Waals surface area contributed by atoms with Crippen LogP contribution in [0.15, 0.2) is 42.5 Å². The number of fused-ring (bicyclic) bond motifs is 1. The van der Waals surface area contributed by atoms with E-state index in [2.05, 4.69) is 10.6 Å². The Hall–Kier alpha value is -3.26. The Morgan fingerprint density at radius 3 is 2.45 bits per heavy atom. The van der Waals surface area contributed by atoms with Crippen LogP contribution in [-0.2, 0) is 15.1 Å². The number of nitrogens with zero attached hydrogens (tertiary/aromatic N) is 1. The molecule has 2 aromatic carbocycles. The van der Waals surface area contributed by atoms with Gasteiger partial charge in [-0.3, -0.25) is 14.5 Å². The summed E-state index contributed by atoms with van der Waals surface area (Å²) in [4.78, 5) is 39.5. The fraction of sp³-hybridized carbons (Fsp3) is 0.375. The number of ether oxygens (including phenoxy) is 2. The topological polar surface area (TPSA) is 97.0 Å². The molecule has 2 aromatic rings. The molecule has 1 fully saturated rings. The van der Waals surface area contributed by atoms with Gasteiger partial charge >= 0.3 is 6.03 Å². The molecular formula is C24H26ClN3O5. The number of amides is 4. The van der Waals surface area contributed by atoms with E-state index in [-0.39, 0.29) is 18.5 Å². The fourth-order valence-corrected chi connectivity index (χ4v) is 4.20. The zero-order valence-corrected chi connectivity index (χ0v) is 19.4. The lowest BCUT2D eigenvalue weighted by atomic mass is 9.92. The minimum Gasteiger partial charge on any atom is -0.486 e. The van der Waals surface area contributed by atoms with E-state index in [0.29, 0.717) is 35.3 Å². The number of halogens is 1. The van der Waals surface area contributed by atoms with Crippen LogP contribution in [0.5, 0.6) is 11.5 Å². The molecule has 0 spiro atoms. The van der Waals surface area contributed by atoms with E-state index in [1.54, 1.807) is 31.2 Å². The van der Waals surface area contributed by atoms with Gasteiger partial charge in [-0.05, 0) is 48.2 Å². The molecule has 4 rings (SSSR count). The van der Waals surface area contributed by atoms with Crippen LogP contribution >= 0.6 is 11.6 Å². The van der Waals surface area contributed by atoms with Crippen LogP contribution < -0.4 is 20.1 Å². The van der Waals surface area contributed by atoms with E-state index >= 15 is 0 Å². The standard InChI is InChI=1S/C24H26ClN3O5/c1-14(2)21(15-4-9-18-19(12-15)33-11-10-32-18)26-20(29)13-28-22(30)24(3,27-23(28)31)16-5-7-17(25)8-6-16/h4-9,12,14,21H,10-11,13H2,1-3H3,(H,26,29)(H,27,31)/t21-,24-/m1/s1. The number of hydrogen-bond acceptors (Lipinski definition) is 5. The third kappa shape index (κ3) is 4.48. The van der Waals surface area contributed by atoms with Gasteiger partial charge in [-0.1, -0.05) is 43.6 Å². The Bertz CT molecular complexity index is 1090. The number of urea groups is 1. The molecule has 0 unspecified atom stereocenters. The van der Waals surface area contributed by atoms with Crippen molar-refractivity contribution >= 4 is 29.4 Å². The fourth-order valence-electron chi connectivity index (χ4n) is 4.07. The Balaban J connectivity index is 1.48. The van der Waals surface area contributed by atoms with Crippen LogP contribution in [0, 0.1) is 5.92 Å². The van der Waals surface area contributed by atoms with Gasteiger partial charge in [-0.25, -0.2) is 4.79 Å². The van der Waals surface area contributed by atoms with Crippen LogP contribution in [-0.4, -0.2) is 42.5 Å². The molecule has 8 nitrogen and oxygen atoms in total. The number of imide groups is 1. The van der Waals surface area contributed by atoms with Crippen LogP contribution in [0.1, 0.15) is 37.9 Å². The summed E-state index contributed by atoms with van der Waals surface area (Å²) in [6.45, 7) is 6.15. The van der Waals surface area contributed by atoms with E-state index in [9.17, 15) is 14.4 Å². The minimum absolute atomic E-state index is 0.0546. The quantitative estimate of drug-likeness (QED) is 0.629. The number of carbonyl (C=O) groups is 3. The van der Waals surface area contributed by atoms with Crippen molar-refractivity contribution in [3.63, 3.8) is 0 Å². The molecule has 0 aromatic heterocycles. The Morgan fingerprint density at radius 1 is 1.12 bits per heavy atom. The van der Waals surface area contributed by atoms with Crippen molar-refractivity contribution < 1.29 is 23.9 Å². The van der Waals surface area contributed by atoms with Crippen molar-refractivity contribution in [1.82, 2.24) is 15.5 Å². The second-order valence-electron chi connectivity index (χ2n) is 8.65. The molecule has 2 heterocycles. The molecular weight excluding hydrogens is 446 g/mol. The smallest absolute Gasteiger partial charge is 0.325 e. The second-order valence-corrected chi connectivity index (χ2v) is 9.08. The number of rotatable bonds is 6. The first-order valence-corrected chi connectivity index (χ1v) is 11.2. The van der Waals surface area contributed by atoms with E-state index < -0.39 is 23.4 Å². The molecule has 33 heavy (non-hydrogen) atoms. The first-order valence-electron chi connectivity index (χ1n) is 10.8. The third-order valence-electron chi connectivity index (χ3n) is 5.91. The summed E-state index contributed by atoms with van der Waals surface area (Å²) in [5.41, 5.74) is 0.171. The highest BCUT2D eigenvalue weighted by Gasteiger charge is 2.49. The zero-order chi connectivity index (χ0) is 23.8. The summed E-state index contributed by atoms with van der Waals surface area (Å²) in [5, 5.41) is 6.18. The van der Waals surface area contributed by atoms with Crippen LogP contribution in [0.25, 0.3) is 0 Å². The molecule has 4 amide bonds. The van der Waals surface area contributed by atoms with Crippen molar-refractivity contribution in [2.45, 2.75) is 32.4 Å². The average Bonchev–Trinajstić information content (AvgIpc) is 3.01. The molecule has 0 radical (unpaired) electrons. The normalized spacial score (nSPS) is 20.6. The predicted octanol–water partition coefficient (Wildman–Crippen LogP) is 3.39. The summed E-state index contributed by atoms with van der Waals surface area (Å²) in [7, 11) is 0. The van der Waals surface area contributed by atoms with Gasteiger partial charge in [-0.2, -0.15) is 0 Å². The molecule has 0 aliphatic carbocycles. The van der Waals surface area contributed by atoms with E-state index in [1.165, 1.54) is 0 Å². The Morgan fingerprint density at radius 2 is 1.79 bits per heavy atom.